The van der Waals surface area contributed by atoms with Crippen LogP contribution < -0.4 is 9.64 Å². The molecular weight excluding hydrogens is 363 g/mol. The molecule has 2 aromatic heterocycles. The minimum Gasteiger partial charge on any atom is -0.497 e. The molecule has 0 N–H and O–H groups in total. The van der Waals surface area contributed by atoms with Crippen molar-refractivity contribution in [1.82, 2.24) is 14.6 Å². The molecule has 1 aliphatic heterocycles. The zero-order valence-corrected chi connectivity index (χ0v) is 15.5. The van der Waals surface area contributed by atoms with Crippen LogP contribution in [0.4, 0.5) is 9.52 Å². The summed E-state index contributed by atoms with van der Waals surface area (Å²) >= 11 is 1.57. The average Bonchev–Trinajstić information content (AvgIpc) is 3.27. The van der Waals surface area contributed by atoms with E-state index in [0.717, 1.165) is 46.6 Å². The van der Waals surface area contributed by atoms with E-state index in [1.54, 1.807) is 35.1 Å². The number of hydrogen-bond donors (Lipinski definition) is 0. The standard InChI is InChI=1S/C20H17FN4OS/c1-26-17-7-4-13-8-9-24(11-15(13)10-17)20-23-25-12-18(22-19(25)27-20)14-2-5-16(21)6-3-14/h2-7,10,12H,8-9,11H2,1H3. The first-order valence-electron chi connectivity index (χ1n) is 8.72. The fourth-order valence-corrected chi connectivity index (χ4v) is 4.31. The molecule has 1 aliphatic rings. The quantitative estimate of drug-likeness (QED) is 0.535. The van der Waals surface area contributed by atoms with E-state index in [1.807, 2.05) is 12.3 Å². The second-order valence-corrected chi connectivity index (χ2v) is 7.49. The highest BCUT2D eigenvalue weighted by Gasteiger charge is 2.21. The van der Waals surface area contributed by atoms with Crippen LogP contribution in [0, 0.1) is 5.82 Å². The summed E-state index contributed by atoms with van der Waals surface area (Å²) in [7, 11) is 1.69. The number of ether oxygens (including phenoxy) is 1. The molecule has 3 heterocycles. The fraction of sp³-hybridized carbons (Fsp3) is 0.200. The van der Waals surface area contributed by atoms with E-state index in [9.17, 15) is 4.39 Å². The highest BCUT2D eigenvalue weighted by atomic mass is 32.1. The lowest BCUT2D eigenvalue weighted by atomic mass is 10.00. The summed E-state index contributed by atoms with van der Waals surface area (Å²) in [5.41, 5.74) is 4.33. The molecule has 2 aromatic carbocycles. The van der Waals surface area contributed by atoms with Gasteiger partial charge in [-0.15, -0.1) is 5.10 Å². The van der Waals surface area contributed by atoms with Crippen LogP contribution in [0.25, 0.3) is 16.2 Å². The van der Waals surface area contributed by atoms with Gasteiger partial charge in [-0.05, 0) is 53.9 Å². The predicted octanol–water partition coefficient (Wildman–Crippen LogP) is 4.17. The van der Waals surface area contributed by atoms with Gasteiger partial charge in [0.2, 0.25) is 10.1 Å². The number of anilines is 1. The molecular formula is C20H17FN4OS. The first-order chi connectivity index (χ1) is 13.2. The van der Waals surface area contributed by atoms with E-state index < -0.39 is 0 Å². The summed E-state index contributed by atoms with van der Waals surface area (Å²) in [4.78, 5) is 7.76. The van der Waals surface area contributed by atoms with E-state index >= 15 is 0 Å². The van der Waals surface area contributed by atoms with Crippen molar-refractivity contribution in [2.24, 2.45) is 0 Å². The van der Waals surface area contributed by atoms with Crippen molar-refractivity contribution < 1.29 is 9.13 Å². The minimum absolute atomic E-state index is 0.248. The van der Waals surface area contributed by atoms with Gasteiger partial charge in [0.15, 0.2) is 0 Å². The van der Waals surface area contributed by atoms with E-state index in [1.165, 1.54) is 23.3 Å². The minimum atomic E-state index is -0.248. The monoisotopic (exact) mass is 380 g/mol. The number of fused-ring (bicyclic) bond motifs is 2. The SMILES string of the molecule is COc1ccc2c(c1)CN(c1nn3cc(-c4ccc(F)cc4)nc3s1)CC2. The summed E-state index contributed by atoms with van der Waals surface area (Å²) in [6.45, 7) is 1.74. The summed E-state index contributed by atoms with van der Waals surface area (Å²) in [6.07, 6.45) is 2.88. The third-order valence-corrected chi connectivity index (χ3v) is 5.85. The summed E-state index contributed by atoms with van der Waals surface area (Å²) in [5.74, 6) is 0.635. The van der Waals surface area contributed by atoms with Gasteiger partial charge in [0.1, 0.15) is 11.6 Å². The number of halogens is 1. The van der Waals surface area contributed by atoms with Crippen LogP contribution in [0.1, 0.15) is 11.1 Å². The van der Waals surface area contributed by atoms with Gasteiger partial charge in [0.05, 0.1) is 19.0 Å². The fourth-order valence-electron chi connectivity index (χ4n) is 3.40. The normalized spacial score (nSPS) is 13.8. The highest BCUT2D eigenvalue weighted by Crippen LogP contribution is 2.31. The second kappa shape index (κ2) is 6.35. The number of hydrogen-bond acceptors (Lipinski definition) is 5. The lowest BCUT2D eigenvalue weighted by molar-refractivity contribution is 0.413. The van der Waals surface area contributed by atoms with E-state index in [0.29, 0.717) is 0 Å². The Hall–Kier alpha value is -2.93. The molecule has 0 atom stereocenters. The number of nitrogens with zero attached hydrogens (tertiary/aromatic N) is 4. The Morgan fingerprint density at radius 3 is 2.74 bits per heavy atom. The van der Waals surface area contributed by atoms with Gasteiger partial charge in [-0.3, -0.25) is 0 Å². The summed E-state index contributed by atoms with van der Waals surface area (Å²) in [5, 5.41) is 5.66. The van der Waals surface area contributed by atoms with Crippen molar-refractivity contribution >= 4 is 21.4 Å². The molecule has 0 aliphatic carbocycles. The first-order valence-corrected chi connectivity index (χ1v) is 9.54. The lowest BCUT2D eigenvalue weighted by Crippen LogP contribution is -2.30. The van der Waals surface area contributed by atoms with Gasteiger partial charge in [0, 0.05) is 18.7 Å². The zero-order chi connectivity index (χ0) is 18.4. The highest BCUT2D eigenvalue weighted by molar-refractivity contribution is 7.20. The van der Waals surface area contributed by atoms with Crippen molar-refractivity contribution in [3.05, 3.63) is 65.6 Å². The van der Waals surface area contributed by atoms with Crippen molar-refractivity contribution in [2.45, 2.75) is 13.0 Å². The van der Waals surface area contributed by atoms with Crippen LogP contribution in [-0.2, 0) is 13.0 Å². The van der Waals surface area contributed by atoms with Gasteiger partial charge in [-0.25, -0.2) is 13.9 Å². The van der Waals surface area contributed by atoms with Crippen LogP contribution in [0.2, 0.25) is 0 Å². The number of methoxy groups -OCH3 is 1. The van der Waals surface area contributed by atoms with Crippen LogP contribution in [-0.4, -0.2) is 28.3 Å². The average molecular weight is 380 g/mol. The van der Waals surface area contributed by atoms with E-state index in [2.05, 4.69) is 22.0 Å². The van der Waals surface area contributed by atoms with Crippen molar-refractivity contribution in [1.29, 1.82) is 0 Å². The Morgan fingerprint density at radius 1 is 1.11 bits per heavy atom. The first kappa shape index (κ1) is 16.3. The molecule has 0 unspecified atom stereocenters. The molecule has 0 spiro atoms. The van der Waals surface area contributed by atoms with Gasteiger partial charge >= 0.3 is 0 Å². The van der Waals surface area contributed by atoms with Crippen molar-refractivity contribution in [2.75, 3.05) is 18.6 Å². The third-order valence-electron chi connectivity index (χ3n) is 4.87. The van der Waals surface area contributed by atoms with Crippen LogP contribution in [0.15, 0.2) is 48.7 Å². The number of benzene rings is 2. The van der Waals surface area contributed by atoms with Gasteiger partial charge in [0.25, 0.3) is 0 Å². The van der Waals surface area contributed by atoms with E-state index in [-0.39, 0.29) is 5.82 Å². The largest absolute Gasteiger partial charge is 0.497 e. The maximum absolute atomic E-state index is 13.1. The van der Waals surface area contributed by atoms with Gasteiger partial charge in [-0.2, -0.15) is 0 Å². The van der Waals surface area contributed by atoms with Crippen LogP contribution in [0.3, 0.4) is 0 Å². The van der Waals surface area contributed by atoms with Crippen LogP contribution in [0.5, 0.6) is 5.75 Å². The Kier molecular flexibility index (Phi) is 3.82. The summed E-state index contributed by atoms with van der Waals surface area (Å²) < 4.78 is 20.3. The Labute approximate surface area is 159 Å². The van der Waals surface area contributed by atoms with Crippen molar-refractivity contribution in [3.8, 4) is 17.0 Å². The maximum atomic E-state index is 13.1. The Morgan fingerprint density at radius 2 is 1.96 bits per heavy atom. The molecule has 0 fully saturated rings. The molecule has 136 valence electrons. The third kappa shape index (κ3) is 2.94. The molecule has 0 radical (unpaired) electrons. The van der Waals surface area contributed by atoms with Crippen LogP contribution >= 0.6 is 11.3 Å². The number of rotatable bonds is 3. The van der Waals surface area contributed by atoms with E-state index in [4.69, 9.17) is 9.84 Å². The van der Waals surface area contributed by atoms with Gasteiger partial charge in [-0.1, -0.05) is 17.4 Å². The molecule has 27 heavy (non-hydrogen) atoms. The Bertz CT molecular complexity index is 1090. The van der Waals surface area contributed by atoms with Gasteiger partial charge < -0.3 is 9.64 Å². The Balaban J connectivity index is 1.42. The number of imidazole rings is 1. The molecule has 0 amide bonds. The molecule has 4 aromatic rings. The smallest absolute Gasteiger partial charge is 0.214 e. The molecule has 0 saturated carbocycles. The zero-order valence-electron chi connectivity index (χ0n) is 14.7. The molecule has 5 nitrogen and oxygen atoms in total. The van der Waals surface area contributed by atoms with Crippen molar-refractivity contribution in [3.63, 3.8) is 0 Å². The molecule has 5 rings (SSSR count). The predicted molar refractivity (Wildman–Crippen MR) is 104 cm³/mol. The molecule has 0 saturated heterocycles. The summed E-state index contributed by atoms with van der Waals surface area (Å²) in [6, 6.07) is 12.6. The molecule has 7 heteroatoms. The topological polar surface area (TPSA) is 42.7 Å². The maximum Gasteiger partial charge on any atom is 0.214 e. The lowest BCUT2D eigenvalue weighted by Gasteiger charge is -2.28. The second-order valence-electron chi connectivity index (χ2n) is 6.55. The molecule has 0 bridgehead atoms. The number of aromatic nitrogens is 3.